The predicted octanol–water partition coefficient (Wildman–Crippen LogP) is 4.36. The molecular weight excluding hydrogens is 406 g/mol. The highest BCUT2D eigenvalue weighted by atomic mass is 32.2. The Morgan fingerprint density at radius 3 is 2.34 bits per heavy atom. The van der Waals surface area contributed by atoms with E-state index in [1.54, 1.807) is 12.1 Å². The molecule has 0 unspecified atom stereocenters. The van der Waals surface area contributed by atoms with Gasteiger partial charge in [-0.15, -0.1) is 0 Å². The van der Waals surface area contributed by atoms with Crippen LogP contribution in [0.5, 0.6) is 11.5 Å². The lowest BCUT2D eigenvalue weighted by Crippen LogP contribution is -2.30. The molecule has 0 heterocycles. The van der Waals surface area contributed by atoms with E-state index in [1.807, 2.05) is 43.0 Å². The van der Waals surface area contributed by atoms with E-state index in [1.165, 1.54) is 6.07 Å². The van der Waals surface area contributed by atoms with Crippen LogP contribution in [0.3, 0.4) is 0 Å². The normalized spacial score (nSPS) is 11.2. The van der Waals surface area contributed by atoms with Crippen LogP contribution in [0, 0.1) is 0 Å². The van der Waals surface area contributed by atoms with Crippen LogP contribution >= 0.6 is 12.2 Å². The quantitative estimate of drug-likeness (QED) is 0.426. The van der Waals surface area contributed by atoms with Gasteiger partial charge >= 0.3 is 0 Å². The molecule has 0 saturated carbocycles. The van der Waals surface area contributed by atoms with Crippen molar-refractivity contribution in [3.8, 4) is 11.5 Å². The second kappa shape index (κ2) is 10.6. The van der Waals surface area contributed by atoms with E-state index in [0.29, 0.717) is 28.5 Å². The molecule has 6 nitrogen and oxygen atoms in total. The number of rotatable bonds is 10. The molecule has 8 heteroatoms. The average Bonchev–Trinajstić information content (AvgIpc) is 2.69. The largest absolute Gasteiger partial charge is 0.454 e. The van der Waals surface area contributed by atoms with Crippen LogP contribution in [0.1, 0.15) is 39.2 Å². The molecule has 0 aliphatic carbocycles. The minimum atomic E-state index is -4.04. The molecule has 0 amide bonds. The average molecular weight is 436 g/mol. The Morgan fingerprint density at radius 2 is 1.79 bits per heavy atom. The van der Waals surface area contributed by atoms with Crippen LogP contribution in [-0.2, 0) is 10.0 Å². The van der Waals surface area contributed by atoms with Crippen molar-refractivity contribution in [2.24, 2.45) is 5.14 Å². The highest BCUT2D eigenvalue weighted by molar-refractivity contribution is 7.89. The Balaban J connectivity index is 2.63. The summed E-state index contributed by atoms with van der Waals surface area (Å²) in [7, 11) is -4.04. The first-order valence-electron chi connectivity index (χ1n) is 9.78. The van der Waals surface area contributed by atoms with Gasteiger partial charge in [0.2, 0.25) is 10.0 Å². The molecule has 0 atom stereocenters. The summed E-state index contributed by atoms with van der Waals surface area (Å²) >= 11 is 5.61. The number of hydrogen-bond acceptors (Lipinski definition) is 5. The molecule has 29 heavy (non-hydrogen) atoms. The zero-order valence-corrected chi connectivity index (χ0v) is 18.8. The van der Waals surface area contributed by atoms with Gasteiger partial charge in [-0.05, 0) is 44.5 Å². The number of thiocarbonyl (C=S) groups is 1. The fourth-order valence-electron chi connectivity index (χ4n) is 2.87. The second-order valence-corrected chi connectivity index (χ2v) is 8.49. The maximum atomic E-state index is 12.4. The molecule has 2 aromatic rings. The summed E-state index contributed by atoms with van der Waals surface area (Å²) in [4.78, 5) is 2.47. The van der Waals surface area contributed by atoms with Crippen molar-refractivity contribution in [1.82, 2.24) is 4.90 Å². The smallest absolute Gasteiger partial charge is 0.241 e. The summed E-state index contributed by atoms with van der Waals surface area (Å²) in [5.74, 6) is 0.705. The first-order valence-corrected chi connectivity index (χ1v) is 11.7. The lowest BCUT2D eigenvalue weighted by atomic mass is 10.1. The highest BCUT2D eigenvalue weighted by Crippen LogP contribution is 2.37. The molecule has 0 aliphatic heterocycles. The molecule has 0 spiro atoms. The van der Waals surface area contributed by atoms with E-state index in [4.69, 9.17) is 22.1 Å². The van der Waals surface area contributed by atoms with Crippen LogP contribution < -0.4 is 15.2 Å². The van der Waals surface area contributed by atoms with Gasteiger partial charge in [0, 0.05) is 25.2 Å². The fourth-order valence-corrected chi connectivity index (χ4v) is 3.95. The molecule has 0 radical (unpaired) electrons. The van der Waals surface area contributed by atoms with Crippen molar-refractivity contribution in [2.45, 2.75) is 38.5 Å². The Hall–Kier alpha value is -2.16. The Kier molecular flexibility index (Phi) is 8.43. The lowest BCUT2D eigenvalue weighted by molar-refractivity contribution is 0.467. The summed E-state index contributed by atoms with van der Waals surface area (Å²) in [5, 5.41) is 8.85. The van der Waals surface area contributed by atoms with Gasteiger partial charge in [-0.2, -0.15) is 0 Å². The number of unbranched alkanes of at least 4 members (excludes halogenated alkanes) is 1. The Bertz CT molecular complexity index is 928. The van der Waals surface area contributed by atoms with Crippen LogP contribution in [0.15, 0.2) is 47.4 Å². The predicted molar refractivity (Wildman–Crippen MR) is 122 cm³/mol. The minimum Gasteiger partial charge on any atom is -0.454 e. The number of primary sulfonamides is 1. The number of sulfonamides is 1. The molecule has 2 aromatic carbocycles. The van der Waals surface area contributed by atoms with E-state index in [-0.39, 0.29) is 10.6 Å². The van der Waals surface area contributed by atoms with Crippen molar-refractivity contribution in [3.63, 3.8) is 0 Å². The zero-order valence-electron chi connectivity index (χ0n) is 17.1. The standard InChI is InChI=1S/C21H29N3O3S2/c1-4-7-13-23-18-14-16(21(28)24(5-2)6-3)15-19(29(22,25)26)20(18)27-17-11-9-8-10-12-17/h8-12,14-15,23H,4-7,13H2,1-3H3,(H2,22,25,26). The van der Waals surface area contributed by atoms with Crippen LogP contribution in [0.2, 0.25) is 0 Å². The third-order valence-corrected chi connectivity index (χ3v) is 5.88. The summed E-state index contributed by atoms with van der Waals surface area (Å²) in [6, 6.07) is 12.4. The number of para-hydroxylation sites is 1. The topological polar surface area (TPSA) is 84.7 Å². The number of ether oxygens (including phenoxy) is 1. The SMILES string of the molecule is CCCCNc1cc(C(=S)N(CC)CC)cc(S(N)(=O)=O)c1Oc1ccccc1. The molecule has 0 aliphatic rings. The van der Waals surface area contributed by atoms with E-state index in [0.717, 1.165) is 25.9 Å². The van der Waals surface area contributed by atoms with Crippen molar-refractivity contribution >= 4 is 32.9 Å². The maximum absolute atomic E-state index is 12.4. The monoisotopic (exact) mass is 435 g/mol. The molecule has 158 valence electrons. The van der Waals surface area contributed by atoms with Gasteiger partial charge in [-0.3, -0.25) is 0 Å². The zero-order chi connectivity index (χ0) is 21.4. The minimum absolute atomic E-state index is 0.0904. The van der Waals surface area contributed by atoms with Crippen LogP contribution in [-0.4, -0.2) is 37.9 Å². The summed E-state index contributed by atoms with van der Waals surface area (Å²) in [6.45, 7) is 8.22. The summed E-state index contributed by atoms with van der Waals surface area (Å²) in [5.41, 5.74) is 1.17. The fraction of sp³-hybridized carbons (Fsp3) is 0.381. The molecular formula is C21H29N3O3S2. The van der Waals surface area contributed by atoms with Gasteiger partial charge in [0.05, 0.1) is 5.69 Å². The number of nitrogens with two attached hydrogens (primary N) is 1. The van der Waals surface area contributed by atoms with Crippen LogP contribution in [0.4, 0.5) is 5.69 Å². The lowest BCUT2D eigenvalue weighted by Gasteiger charge is -2.24. The number of nitrogens with one attached hydrogen (secondary N) is 1. The first kappa shape index (κ1) is 23.1. The maximum Gasteiger partial charge on any atom is 0.241 e. The molecule has 0 fully saturated rings. The van der Waals surface area contributed by atoms with Gasteiger partial charge < -0.3 is 15.0 Å². The van der Waals surface area contributed by atoms with E-state index < -0.39 is 10.0 Å². The van der Waals surface area contributed by atoms with Crippen LogP contribution in [0.25, 0.3) is 0 Å². The molecule has 0 aromatic heterocycles. The van der Waals surface area contributed by atoms with Crippen molar-refractivity contribution in [1.29, 1.82) is 0 Å². The first-order chi connectivity index (χ1) is 13.8. The van der Waals surface area contributed by atoms with Gasteiger partial charge in [0.15, 0.2) is 5.75 Å². The molecule has 2 rings (SSSR count). The summed E-state index contributed by atoms with van der Waals surface area (Å²) in [6.07, 6.45) is 1.93. The highest BCUT2D eigenvalue weighted by Gasteiger charge is 2.23. The second-order valence-electron chi connectivity index (χ2n) is 6.57. The third kappa shape index (κ3) is 6.16. The van der Waals surface area contributed by atoms with E-state index in [2.05, 4.69) is 12.2 Å². The van der Waals surface area contributed by atoms with Crippen molar-refractivity contribution < 1.29 is 13.2 Å². The van der Waals surface area contributed by atoms with Crippen molar-refractivity contribution in [3.05, 3.63) is 48.0 Å². The number of anilines is 1. The van der Waals surface area contributed by atoms with Gasteiger partial charge in [0.1, 0.15) is 15.6 Å². The molecule has 3 N–H and O–H groups in total. The Labute approximate surface area is 179 Å². The Morgan fingerprint density at radius 1 is 1.14 bits per heavy atom. The number of nitrogens with zero attached hydrogens (tertiary/aromatic N) is 1. The van der Waals surface area contributed by atoms with Gasteiger partial charge in [0.25, 0.3) is 0 Å². The summed E-state index contributed by atoms with van der Waals surface area (Å²) < 4.78 is 30.8. The van der Waals surface area contributed by atoms with E-state index >= 15 is 0 Å². The van der Waals surface area contributed by atoms with E-state index in [9.17, 15) is 8.42 Å². The van der Waals surface area contributed by atoms with Crippen molar-refractivity contribution in [2.75, 3.05) is 25.0 Å². The number of hydrogen-bond donors (Lipinski definition) is 2. The third-order valence-electron chi connectivity index (χ3n) is 4.47. The molecule has 0 saturated heterocycles. The van der Waals surface area contributed by atoms with Gasteiger partial charge in [-0.25, -0.2) is 13.6 Å². The van der Waals surface area contributed by atoms with Gasteiger partial charge in [-0.1, -0.05) is 43.8 Å². The number of benzene rings is 2. The molecule has 0 bridgehead atoms.